The second-order valence-electron chi connectivity index (χ2n) is 3.78. The van der Waals surface area contributed by atoms with E-state index in [9.17, 15) is 4.79 Å². The van der Waals surface area contributed by atoms with Crippen LogP contribution in [0.2, 0.25) is 0 Å². The molecule has 0 radical (unpaired) electrons. The van der Waals surface area contributed by atoms with Crippen LogP contribution in [0.1, 0.15) is 25.7 Å². The molecule has 0 spiro atoms. The van der Waals surface area contributed by atoms with Gasteiger partial charge >= 0.3 is 0 Å². The van der Waals surface area contributed by atoms with Crippen molar-refractivity contribution in [3.05, 3.63) is 0 Å². The number of hydrogen-bond acceptors (Lipinski definition) is 3. The van der Waals surface area contributed by atoms with Gasteiger partial charge in [-0.25, -0.2) is 0 Å². The van der Waals surface area contributed by atoms with Gasteiger partial charge in [-0.15, -0.1) is 0 Å². The van der Waals surface area contributed by atoms with Crippen molar-refractivity contribution in [2.75, 3.05) is 26.7 Å². The fourth-order valence-electron chi connectivity index (χ4n) is 2.09. The molecule has 1 amide bonds. The first kappa shape index (κ1) is 11.5. The summed E-state index contributed by atoms with van der Waals surface area (Å²) in [5.41, 5.74) is 0. The Morgan fingerprint density at radius 2 is 2.14 bits per heavy atom. The summed E-state index contributed by atoms with van der Waals surface area (Å²) in [5, 5.41) is 11.8. The topological polar surface area (TPSA) is 52.6 Å². The number of likely N-dealkylation sites (N-methyl/N-ethyl adjacent to an activating group) is 1. The zero-order valence-corrected chi connectivity index (χ0v) is 8.83. The van der Waals surface area contributed by atoms with Crippen molar-refractivity contribution in [3.63, 3.8) is 0 Å². The smallest absolute Gasteiger partial charge is 0.236 e. The Bertz CT molecular complexity index is 179. The van der Waals surface area contributed by atoms with Gasteiger partial charge in [0.25, 0.3) is 0 Å². The van der Waals surface area contributed by atoms with Crippen molar-refractivity contribution >= 4 is 5.91 Å². The molecule has 82 valence electrons. The molecule has 1 aliphatic carbocycles. The summed E-state index contributed by atoms with van der Waals surface area (Å²) in [6, 6.07) is 0.364. The van der Waals surface area contributed by atoms with Crippen LogP contribution < -0.4 is 5.32 Å². The number of hydrogen-bond donors (Lipinski definition) is 2. The van der Waals surface area contributed by atoms with Crippen LogP contribution in [-0.2, 0) is 4.79 Å². The van der Waals surface area contributed by atoms with Gasteiger partial charge < -0.3 is 15.3 Å². The van der Waals surface area contributed by atoms with Crippen molar-refractivity contribution in [1.82, 2.24) is 10.2 Å². The first-order chi connectivity index (χ1) is 6.79. The van der Waals surface area contributed by atoms with Crippen LogP contribution in [0, 0.1) is 0 Å². The molecule has 2 N–H and O–H groups in total. The lowest BCUT2D eigenvalue weighted by molar-refractivity contribution is -0.132. The zero-order chi connectivity index (χ0) is 10.4. The van der Waals surface area contributed by atoms with Crippen LogP contribution in [0.3, 0.4) is 0 Å². The lowest BCUT2D eigenvalue weighted by Gasteiger charge is -2.28. The van der Waals surface area contributed by atoms with Gasteiger partial charge in [-0.05, 0) is 19.9 Å². The van der Waals surface area contributed by atoms with Gasteiger partial charge in [-0.1, -0.05) is 12.8 Å². The quantitative estimate of drug-likeness (QED) is 0.655. The molecule has 14 heavy (non-hydrogen) atoms. The van der Waals surface area contributed by atoms with Gasteiger partial charge in [0.2, 0.25) is 5.91 Å². The maximum absolute atomic E-state index is 11.7. The highest BCUT2D eigenvalue weighted by Crippen LogP contribution is 2.23. The van der Waals surface area contributed by atoms with Crippen LogP contribution in [0.4, 0.5) is 0 Å². The predicted molar refractivity (Wildman–Crippen MR) is 55.0 cm³/mol. The maximum Gasteiger partial charge on any atom is 0.236 e. The van der Waals surface area contributed by atoms with E-state index in [-0.39, 0.29) is 12.5 Å². The molecule has 0 aromatic heterocycles. The van der Waals surface area contributed by atoms with Gasteiger partial charge in [0.05, 0.1) is 13.2 Å². The van der Waals surface area contributed by atoms with Gasteiger partial charge in [0.15, 0.2) is 0 Å². The molecule has 0 aromatic rings. The molecule has 4 heteroatoms. The number of rotatable bonds is 5. The Labute approximate surface area is 85.3 Å². The Hall–Kier alpha value is -0.610. The minimum Gasteiger partial charge on any atom is -0.395 e. The van der Waals surface area contributed by atoms with Crippen molar-refractivity contribution < 1.29 is 9.90 Å². The molecular weight excluding hydrogens is 180 g/mol. The minimum absolute atomic E-state index is 0.0615. The molecule has 0 bridgehead atoms. The fraction of sp³-hybridized carbons (Fsp3) is 0.900. The fourth-order valence-corrected chi connectivity index (χ4v) is 2.09. The van der Waals surface area contributed by atoms with E-state index in [1.165, 1.54) is 12.8 Å². The number of nitrogens with zero attached hydrogens (tertiary/aromatic N) is 1. The highest BCUT2D eigenvalue weighted by atomic mass is 16.3. The van der Waals surface area contributed by atoms with Gasteiger partial charge in [0, 0.05) is 12.6 Å². The molecular formula is C10H20N2O2. The van der Waals surface area contributed by atoms with Crippen molar-refractivity contribution in [3.8, 4) is 0 Å². The third-order valence-electron chi connectivity index (χ3n) is 2.75. The Balaban J connectivity index is 2.48. The van der Waals surface area contributed by atoms with E-state index in [0.717, 1.165) is 12.8 Å². The second-order valence-corrected chi connectivity index (χ2v) is 3.78. The van der Waals surface area contributed by atoms with Crippen molar-refractivity contribution in [2.24, 2.45) is 0 Å². The molecule has 0 saturated heterocycles. The largest absolute Gasteiger partial charge is 0.395 e. The highest BCUT2D eigenvalue weighted by molar-refractivity contribution is 5.78. The van der Waals surface area contributed by atoms with Crippen LogP contribution >= 0.6 is 0 Å². The van der Waals surface area contributed by atoms with E-state index < -0.39 is 0 Å². The minimum atomic E-state index is 0.0615. The number of nitrogens with one attached hydrogen (secondary N) is 1. The Morgan fingerprint density at radius 3 is 2.64 bits per heavy atom. The van der Waals surface area contributed by atoms with Gasteiger partial charge in [-0.2, -0.15) is 0 Å². The summed E-state index contributed by atoms with van der Waals surface area (Å²) >= 11 is 0. The first-order valence-electron chi connectivity index (χ1n) is 5.34. The van der Waals surface area contributed by atoms with E-state index in [1.54, 1.807) is 7.05 Å². The van der Waals surface area contributed by atoms with E-state index in [1.807, 2.05) is 4.90 Å². The number of amides is 1. The number of carbonyl (C=O) groups is 1. The summed E-state index contributed by atoms with van der Waals surface area (Å²) in [5.74, 6) is 0.105. The number of aliphatic hydroxyl groups excluding tert-OH is 1. The summed E-state index contributed by atoms with van der Waals surface area (Å²) in [6.07, 6.45) is 4.60. The first-order valence-corrected chi connectivity index (χ1v) is 5.34. The van der Waals surface area contributed by atoms with Gasteiger partial charge in [-0.3, -0.25) is 4.79 Å². The predicted octanol–water partition coefficient (Wildman–Crippen LogP) is -0.0307. The molecule has 1 rings (SSSR count). The number of aliphatic hydroxyl groups is 1. The summed E-state index contributed by atoms with van der Waals surface area (Å²) in [4.78, 5) is 13.5. The number of carbonyl (C=O) groups excluding carboxylic acids is 1. The molecule has 1 fully saturated rings. The second kappa shape index (κ2) is 5.98. The normalized spacial score (nSPS) is 17.3. The molecule has 0 unspecified atom stereocenters. The summed E-state index contributed by atoms with van der Waals surface area (Å²) < 4.78 is 0. The average Bonchev–Trinajstić information content (AvgIpc) is 2.67. The molecule has 0 aliphatic heterocycles. The SMILES string of the molecule is CNCC(=O)N(CCO)C1CCCC1. The Kier molecular flexibility index (Phi) is 4.90. The zero-order valence-electron chi connectivity index (χ0n) is 8.83. The standard InChI is InChI=1S/C10H20N2O2/c1-11-8-10(14)12(6-7-13)9-4-2-3-5-9/h9,11,13H,2-8H2,1H3. The van der Waals surface area contributed by atoms with E-state index in [4.69, 9.17) is 5.11 Å². The van der Waals surface area contributed by atoms with Gasteiger partial charge in [0.1, 0.15) is 0 Å². The lowest BCUT2D eigenvalue weighted by atomic mass is 10.2. The molecule has 1 saturated carbocycles. The maximum atomic E-state index is 11.7. The van der Waals surface area contributed by atoms with Crippen LogP contribution in [0.5, 0.6) is 0 Å². The van der Waals surface area contributed by atoms with Crippen LogP contribution in [-0.4, -0.2) is 48.7 Å². The van der Waals surface area contributed by atoms with Crippen molar-refractivity contribution in [1.29, 1.82) is 0 Å². The molecule has 4 nitrogen and oxygen atoms in total. The van der Waals surface area contributed by atoms with E-state index >= 15 is 0 Å². The average molecular weight is 200 g/mol. The van der Waals surface area contributed by atoms with Crippen LogP contribution in [0.15, 0.2) is 0 Å². The monoisotopic (exact) mass is 200 g/mol. The third kappa shape index (κ3) is 2.96. The van der Waals surface area contributed by atoms with E-state index in [2.05, 4.69) is 5.32 Å². The van der Waals surface area contributed by atoms with E-state index in [0.29, 0.717) is 19.1 Å². The highest BCUT2D eigenvalue weighted by Gasteiger charge is 2.25. The lowest BCUT2D eigenvalue weighted by Crippen LogP contribution is -2.44. The van der Waals surface area contributed by atoms with Crippen molar-refractivity contribution in [2.45, 2.75) is 31.7 Å². The van der Waals surface area contributed by atoms with Crippen LogP contribution in [0.25, 0.3) is 0 Å². The molecule has 0 heterocycles. The summed E-state index contributed by atoms with van der Waals surface area (Å²) in [7, 11) is 1.77. The third-order valence-corrected chi connectivity index (χ3v) is 2.75. The molecule has 1 aliphatic rings. The summed E-state index contributed by atoms with van der Waals surface area (Å²) in [6.45, 7) is 0.910. The Morgan fingerprint density at radius 1 is 1.50 bits per heavy atom. The molecule has 0 aromatic carbocycles. The molecule has 0 atom stereocenters.